The summed E-state index contributed by atoms with van der Waals surface area (Å²) in [7, 11) is 0. The number of nitrogens with one attached hydrogen (secondary N) is 1. The Morgan fingerprint density at radius 2 is 2.00 bits per heavy atom. The summed E-state index contributed by atoms with van der Waals surface area (Å²) in [6.07, 6.45) is 0.930. The molecular formula is C10H17NO3. The van der Waals surface area contributed by atoms with Crippen LogP contribution in [0.5, 0.6) is 0 Å². The van der Waals surface area contributed by atoms with Crippen LogP contribution < -0.4 is 5.32 Å². The molecule has 4 heteroatoms. The minimum absolute atomic E-state index is 0.00757. The van der Waals surface area contributed by atoms with Crippen LogP contribution >= 0.6 is 0 Å². The first-order chi connectivity index (χ1) is 6.34. The molecule has 1 saturated carbocycles. The summed E-state index contributed by atoms with van der Waals surface area (Å²) in [4.78, 5) is 22.1. The van der Waals surface area contributed by atoms with Gasteiger partial charge in [0.1, 0.15) is 0 Å². The zero-order chi connectivity index (χ0) is 10.9. The lowest BCUT2D eigenvalue weighted by atomic mass is 9.94. The van der Waals surface area contributed by atoms with Crippen LogP contribution in [0.2, 0.25) is 0 Å². The first-order valence-electron chi connectivity index (χ1n) is 4.85. The van der Waals surface area contributed by atoms with Crippen LogP contribution in [0, 0.1) is 17.3 Å². The van der Waals surface area contributed by atoms with Crippen LogP contribution in [-0.4, -0.2) is 23.5 Å². The molecule has 0 bridgehead atoms. The van der Waals surface area contributed by atoms with Gasteiger partial charge in [0.15, 0.2) is 0 Å². The molecule has 2 N–H and O–H groups in total. The van der Waals surface area contributed by atoms with Gasteiger partial charge in [-0.15, -0.1) is 0 Å². The molecule has 0 saturated heterocycles. The summed E-state index contributed by atoms with van der Waals surface area (Å²) in [5, 5.41) is 11.5. The van der Waals surface area contributed by atoms with E-state index in [1.807, 2.05) is 6.92 Å². The van der Waals surface area contributed by atoms with Gasteiger partial charge in [0.25, 0.3) is 0 Å². The van der Waals surface area contributed by atoms with Crippen LogP contribution in [-0.2, 0) is 9.59 Å². The zero-order valence-corrected chi connectivity index (χ0v) is 8.83. The second kappa shape index (κ2) is 3.59. The van der Waals surface area contributed by atoms with Gasteiger partial charge >= 0.3 is 5.97 Å². The molecule has 0 radical (unpaired) electrons. The van der Waals surface area contributed by atoms with Crippen molar-refractivity contribution >= 4 is 11.9 Å². The first kappa shape index (κ1) is 11.0. The highest BCUT2D eigenvalue weighted by Gasteiger charge is 2.39. The predicted octanol–water partition coefficient (Wildman–Crippen LogP) is 0.869. The summed E-state index contributed by atoms with van der Waals surface area (Å²) in [5.74, 6) is -0.323. The Bertz CT molecular complexity index is 260. The predicted molar refractivity (Wildman–Crippen MR) is 51.7 cm³/mol. The van der Waals surface area contributed by atoms with Crippen LogP contribution in [0.1, 0.15) is 27.2 Å². The van der Waals surface area contributed by atoms with E-state index < -0.39 is 11.4 Å². The lowest BCUT2D eigenvalue weighted by molar-refractivity contribution is -0.146. The Labute approximate surface area is 83.7 Å². The van der Waals surface area contributed by atoms with E-state index in [4.69, 9.17) is 5.11 Å². The molecule has 1 aliphatic carbocycles. The van der Waals surface area contributed by atoms with Gasteiger partial charge in [-0.3, -0.25) is 9.59 Å². The quantitative estimate of drug-likeness (QED) is 0.706. The number of carbonyl (C=O) groups excluding carboxylic acids is 1. The summed E-state index contributed by atoms with van der Waals surface area (Å²) in [6.45, 7) is 5.43. The standard InChI is InChI=1S/C10H17NO3/c1-6-4-7(6)8(12)11-5-10(2,3)9(13)14/h6-7H,4-5H2,1-3H3,(H,11,12)(H,13,14). The molecule has 0 aliphatic heterocycles. The maximum atomic E-state index is 11.4. The van der Waals surface area contributed by atoms with Crippen molar-refractivity contribution in [2.24, 2.45) is 17.3 Å². The summed E-state index contributed by atoms with van der Waals surface area (Å²) >= 11 is 0. The van der Waals surface area contributed by atoms with E-state index in [-0.39, 0.29) is 18.4 Å². The van der Waals surface area contributed by atoms with Crippen molar-refractivity contribution < 1.29 is 14.7 Å². The Hall–Kier alpha value is -1.06. The van der Waals surface area contributed by atoms with E-state index in [0.717, 1.165) is 6.42 Å². The van der Waals surface area contributed by atoms with Crippen LogP contribution in [0.3, 0.4) is 0 Å². The number of carboxylic acid groups (broad SMARTS) is 1. The van der Waals surface area contributed by atoms with E-state index in [1.165, 1.54) is 0 Å². The van der Waals surface area contributed by atoms with E-state index in [0.29, 0.717) is 5.92 Å². The van der Waals surface area contributed by atoms with Gasteiger partial charge in [-0.25, -0.2) is 0 Å². The van der Waals surface area contributed by atoms with Gasteiger partial charge in [-0.1, -0.05) is 6.92 Å². The fourth-order valence-electron chi connectivity index (χ4n) is 1.20. The van der Waals surface area contributed by atoms with Crippen molar-refractivity contribution in [3.63, 3.8) is 0 Å². The monoisotopic (exact) mass is 199 g/mol. The highest BCUT2D eigenvalue weighted by molar-refractivity contribution is 5.82. The molecule has 0 aromatic heterocycles. The Morgan fingerprint density at radius 3 is 2.36 bits per heavy atom. The molecule has 0 aromatic rings. The van der Waals surface area contributed by atoms with Crippen LogP contribution in [0.25, 0.3) is 0 Å². The normalized spacial score (nSPS) is 25.6. The third kappa shape index (κ3) is 2.47. The van der Waals surface area contributed by atoms with E-state index in [2.05, 4.69) is 5.32 Å². The Balaban J connectivity index is 2.33. The maximum absolute atomic E-state index is 11.4. The number of carbonyl (C=O) groups is 2. The van der Waals surface area contributed by atoms with E-state index in [1.54, 1.807) is 13.8 Å². The van der Waals surface area contributed by atoms with E-state index in [9.17, 15) is 9.59 Å². The van der Waals surface area contributed by atoms with Crippen molar-refractivity contribution in [2.45, 2.75) is 27.2 Å². The zero-order valence-electron chi connectivity index (χ0n) is 8.83. The molecule has 0 heterocycles. The average molecular weight is 199 g/mol. The van der Waals surface area contributed by atoms with Crippen molar-refractivity contribution in [1.82, 2.24) is 5.32 Å². The molecule has 0 spiro atoms. The minimum Gasteiger partial charge on any atom is -0.481 e. The smallest absolute Gasteiger partial charge is 0.310 e. The fraction of sp³-hybridized carbons (Fsp3) is 0.800. The Morgan fingerprint density at radius 1 is 1.50 bits per heavy atom. The van der Waals surface area contributed by atoms with Crippen LogP contribution in [0.4, 0.5) is 0 Å². The van der Waals surface area contributed by atoms with Gasteiger partial charge in [0.05, 0.1) is 5.41 Å². The molecule has 4 nitrogen and oxygen atoms in total. The molecular weight excluding hydrogens is 182 g/mol. The lowest BCUT2D eigenvalue weighted by Gasteiger charge is -2.19. The van der Waals surface area contributed by atoms with Crippen molar-refractivity contribution in [2.75, 3.05) is 6.54 Å². The molecule has 0 aromatic carbocycles. The highest BCUT2D eigenvalue weighted by Crippen LogP contribution is 2.37. The highest BCUT2D eigenvalue weighted by atomic mass is 16.4. The molecule has 1 aliphatic rings. The van der Waals surface area contributed by atoms with Gasteiger partial charge in [0, 0.05) is 12.5 Å². The second-order valence-corrected chi connectivity index (χ2v) is 4.73. The lowest BCUT2D eigenvalue weighted by Crippen LogP contribution is -2.39. The molecule has 80 valence electrons. The van der Waals surface area contributed by atoms with Crippen molar-refractivity contribution in [3.05, 3.63) is 0 Å². The fourth-order valence-corrected chi connectivity index (χ4v) is 1.20. The number of hydrogen-bond acceptors (Lipinski definition) is 2. The SMILES string of the molecule is CC1CC1C(=O)NCC(C)(C)C(=O)O. The van der Waals surface area contributed by atoms with Gasteiger partial charge in [-0.2, -0.15) is 0 Å². The summed E-state index contributed by atoms with van der Waals surface area (Å²) in [5.41, 5.74) is -0.881. The third-order valence-electron chi connectivity index (χ3n) is 2.73. The summed E-state index contributed by atoms with van der Waals surface area (Å²) < 4.78 is 0. The molecule has 1 fully saturated rings. The van der Waals surface area contributed by atoms with E-state index >= 15 is 0 Å². The second-order valence-electron chi connectivity index (χ2n) is 4.73. The molecule has 2 atom stereocenters. The first-order valence-corrected chi connectivity index (χ1v) is 4.85. The van der Waals surface area contributed by atoms with Crippen LogP contribution in [0.15, 0.2) is 0 Å². The number of aliphatic carboxylic acids is 1. The maximum Gasteiger partial charge on any atom is 0.310 e. The number of hydrogen-bond donors (Lipinski definition) is 2. The average Bonchev–Trinajstić information content (AvgIpc) is 2.78. The minimum atomic E-state index is -0.887. The summed E-state index contributed by atoms with van der Waals surface area (Å²) in [6, 6.07) is 0. The number of amides is 1. The number of rotatable bonds is 4. The van der Waals surface area contributed by atoms with Crippen molar-refractivity contribution in [1.29, 1.82) is 0 Å². The Kier molecular flexibility index (Phi) is 2.83. The largest absolute Gasteiger partial charge is 0.481 e. The third-order valence-corrected chi connectivity index (χ3v) is 2.73. The van der Waals surface area contributed by atoms with Crippen molar-refractivity contribution in [3.8, 4) is 0 Å². The topological polar surface area (TPSA) is 66.4 Å². The van der Waals surface area contributed by atoms with Gasteiger partial charge < -0.3 is 10.4 Å². The molecule has 14 heavy (non-hydrogen) atoms. The number of carboxylic acids is 1. The molecule has 1 rings (SSSR count). The van der Waals surface area contributed by atoms with Gasteiger partial charge in [-0.05, 0) is 26.2 Å². The molecule has 2 unspecified atom stereocenters. The van der Waals surface area contributed by atoms with Gasteiger partial charge in [0.2, 0.25) is 5.91 Å². The molecule has 1 amide bonds.